The van der Waals surface area contributed by atoms with Crippen LogP contribution in [0.3, 0.4) is 0 Å². The van der Waals surface area contributed by atoms with Crippen LogP contribution in [0.25, 0.3) is 0 Å². The van der Waals surface area contributed by atoms with Crippen LogP contribution in [0, 0.1) is 0 Å². The van der Waals surface area contributed by atoms with Crippen molar-refractivity contribution in [1.82, 2.24) is 9.88 Å². The number of nitrogens with one attached hydrogen (secondary N) is 1. The third-order valence-corrected chi connectivity index (χ3v) is 4.67. The van der Waals surface area contributed by atoms with Gasteiger partial charge in [-0.15, -0.1) is 0 Å². The molecule has 0 radical (unpaired) electrons. The predicted molar refractivity (Wildman–Crippen MR) is 96.6 cm³/mol. The summed E-state index contributed by atoms with van der Waals surface area (Å²) in [6.45, 7) is 0.879. The van der Waals surface area contributed by atoms with Gasteiger partial charge < -0.3 is 24.1 Å². The molecule has 0 saturated carbocycles. The van der Waals surface area contributed by atoms with E-state index >= 15 is 0 Å². The topological polar surface area (TPSA) is 80.9 Å². The number of methoxy groups -OCH3 is 3. The van der Waals surface area contributed by atoms with Gasteiger partial charge >= 0.3 is 0 Å². The number of carbonyl (C=O) groups is 1. The normalized spacial score (nSPS) is 13.2. The predicted octanol–water partition coefficient (Wildman–Crippen LogP) is 2.25. The van der Waals surface area contributed by atoms with Crippen molar-refractivity contribution in [3.8, 4) is 17.2 Å². The van der Waals surface area contributed by atoms with Crippen LogP contribution in [0.4, 0.5) is 0 Å². The van der Waals surface area contributed by atoms with Gasteiger partial charge in [-0.05, 0) is 23.6 Å². The fourth-order valence-electron chi connectivity index (χ4n) is 3.14. The molecule has 8 heteroatoms. The fourth-order valence-corrected chi connectivity index (χ4v) is 3.41. The highest BCUT2D eigenvalue weighted by molar-refractivity contribution is 6.33. The van der Waals surface area contributed by atoms with Gasteiger partial charge in [0.15, 0.2) is 11.5 Å². The van der Waals surface area contributed by atoms with Crippen LogP contribution in [0.5, 0.6) is 17.2 Å². The van der Waals surface area contributed by atoms with Gasteiger partial charge in [-0.2, -0.15) is 0 Å². The number of pyridine rings is 1. The fraction of sp³-hybridized carbons (Fsp3) is 0.333. The molecule has 26 heavy (non-hydrogen) atoms. The Morgan fingerprint density at radius 2 is 1.77 bits per heavy atom. The smallest absolute Gasteiger partial charge is 0.258 e. The summed E-state index contributed by atoms with van der Waals surface area (Å²) in [4.78, 5) is 28.9. The Morgan fingerprint density at radius 1 is 1.08 bits per heavy atom. The van der Waals surface area contributed by atoms with E-state index < -0.39 is 0 Å². The lowest BCUT2D eigenvalue weighted by atomic mass is 10.0. The molecule has 0 bridgehead atoms. The second-order valence-corrected chi connectivity index (χ2v) is 6.24. The van der Waals surface area contributed by atoms with E-state index in [0.717, 1.165) is 11.1 Å². The van der Waals surface area contributed by atoms with Crippen LogP contribution in [-0.2, 0) is 13.0 Å². The molecule has 0 fully saturated rings. The average Bonchev–Trinajstić information content (AvgIpc) is 2.65. The molecule has 0 aliphatic carbocycles. The number of hydrogen-bond acceptors (Lipinski definition) is 5. The molecular formula is C18H19ClN2O5. The first-order valence-corrected chi connectivity index (χ1v) is 8.36. The van der Waals surface area contributed by atoms with Gasteiger partial charge in [0, 0.05) is 25.4 Å². The highest BCUT2D eigenvalue weighted by Gasteiger charge is 2.29. The third kappa shape index (κ3) is 3.10. The maximum atomic E-state index is 13.1. The highest BCUT2D eigenvalue weighted by atomic mass is 35.5. The highest BCUT2D eigenvalue weighted by Crippen LogP contribution is 2.45. The first-order chi connectivity index (χ1) is 12.5. The Bertz CT molecular complexity index is 909. The summed E-state index contributed by atoms with van der Waals surface area (Å²) < 4.78 is 16.0. The van der Waals surface area contributed by atoms with Crippen LogP contribution < -0.4 is 19.8 Å². The number of aromatic nitrogens is 1. The largest absolute Gasteiger partial charge is 0.492 e. The van der Waals surface area contributed by atoms with Crippen LogP contribution >= 0.6 is 11.6 Å². The minimum absolute atomic E-state index is 0.142. The van der Waals surface area contributed by atoms with Gasteiger partial charge in [0.2, 0.25) is 11.3 Å². The van der Waals surface area contributed by atoms with Crippen LogP contribution in [0.1, 0.15) is 21.5 Å². The number of ether oxygens (including phenoxy) is 3. The third-order valence-electron chi connectivity index (χ3n) is 4.39. The van der Waals surface area contributed by atoms with Gasteiger partial charge in [-0.25, -0.2) is 0 Å². The van der Waals surface area contributed by atoms with Crippen LogP contribution in [-0.4, -0.2) is 43.7 Å². The molecule has 7 nitrogen and oxygen atoms in total. The molecule has 1 aromatic heterocycles. The Labute approximate surface area is 155 Å². The molecule has 1 aliphatic heterocycles. The summed E-state index contributed by atoms with van der Waals surface area (Å²) in [6, 6.07) is 3.09. The first kappa shape index (κ1) is 18.1. The molecule has 0 unspecified atom stereocenters. The number of carbonyl (C=O) groups excluding carboxylic acids is 1. The van der Waals surface area contributed by atoms with Gasteiger partial charge in [0.05, 0.1) is 31.9 Å². The summed E-state index contributed by atoms with van der Waals surface area (Å²) in [7, 11) is 4.38. The number of benzene rings is 1. The van der Waals surface area contributed by atoms with Gasteiger partial charge in [0.25, 0.3) is 5.91 Å². The lowest BCUT2D eigenvalue weighted by Gasteiger charge is -2.29. The Morgan fingerprint density at radius 3 is 2.42 bits per heavy atom. The zero-order valence-corrected chi connectivity index (χ0v) is 15.5. The molecule has 0 saturated heterocycles. The zero-order valence-electron chi connectivity index (χ0n) is 14.7. The van der Waals surface area contributed by atoms with E-state index in [1.807, 2.05) is 0 Å². The Balaban J connectivity index is 1.99. The minimum atomic E-state index is -0.235. The SMILES string of the molecule is COc1c(Cl)cc(C(=O)N2CCc3cc(=O)[nH]cc3C2)c(OC)c1OC. The zero-order chi connectivity index (χ0) is 18.8. The van der Waals surface area contributed by atoms with Crippen molar-refractivity contribution in [1.29, 1.82) is 0 Å². The van der Waals surface area contributed by atoms with Crippen molar-refractivity contribution in [2.75, 3.05) is 27.9 Å². The molecule has 1 aliphatic rings. The quantitative estimate of drug-likeness (QED) is 0.882. The Hall–Kier alpha value is -2.67. The second kappa shape index (κ2) is 7.29. The standard InChI is InChI=1S/C18H19ClN2O5/c1-24-15-12(7-13(19)16(25-2)17(15)26-3)18(23)21-5-4-10-6-14(22)20-8-11(10)9-21/h6-8H,4-5,9H2,1-3H3,(H,20,22). The van der Waals surface area contributed by atoms with E-state index in [4.69, 9.17) is 25.8 Å². The molecule has 2 aromatic rings. The monoisotopic (exact) mass is 378 g/mol. The number of hydrogen-bond donors (Lipinski definition) is 1. The molecule has 138 valence electrons. The van der Waals surface area contributed by atoms with E-state index in [1.54, 1.807) is 17.2 Å². The van der Waals surface area contributed by atoms with Crippen molar-refractivity contribution >= 4 is 17.5 Å². The minimum Gasteiger partial charge on any atom is -0.492 e. The summed E-state index contributed by atoms with van der Waals surface area (Å²) in [5.74, 6) is 0.615. The number of amides is 1. The number of rotatable bonds is 4. The van der Waals surface area contributed by atoms with Crippen molar-refractivity contribution in [3.05, 3.63) is 50.4 Å². The lowest BCUT2D eigenvalue weighted by Crippen LogP contribution is -2.36. The summed E-state index contributed by atoms with van der Waals surface area (Å²) in [5.41, 5.74) is 2.02. The maximum Gasteiger partial charge on any atom is 0.258 e. The van der Waals surface area contributed by atoms with E-state index in [1.165, 1.54) is 27.4 Å². The lowest BCUT2D eigenvalue weighted by molar-refractivity contribution is 0.0730. The second-order valence-electron chi connectivity index (χ2n) is 5.83. The molecule has 0 atom stereocenters. The number of nitrogens with zero attached hydrogens (tertiary/aromatic N) is 1. The van der Waals surface area contributed by atoms with E-state index in [9.17, 15) is 9.59 Å². The molecule has 3 rings (SSSR count). The Kier molecular flexibility index (Phi) is 5.08. The average molecular weight is 379 g/mol. The van der Waals surface area contributed by atoms with E-state index in [0.29, 0.717) is 30.8 Å². The van der Waals surface area contributed by atoms with Crippen LogP contribution in [0.15, 0.2) is 23.1 Å². The molecule has 2 heterocycles. The molecule has 0 spiro atoms. The maximum absolute atomic E-state index is 13.1. The molecular weight excluding hydrogens is 360 g/mol. The number of aromatic amines is 1. The molecule has 1 N–H and O–H groups in total. The number of H-pyrrole nitrogens is 1. The van der Waals surface area contributed by atoms with Crippen LogP contribution in [0.2, 0.25) is 5.02 Å². The summed E-state index contributed by atoms with van der Waals surface area (Å²) in [6.07, 6.45) is 2.25. The summed E-state index contributed by atoms with van der Waals surface area (Å²) >= 11 is 6.25. The van der Waals surface area contributed by atoms with Crippen molar-refractivity contribution in [2.24, 2.45) is 0 Å². The number of halogens is 1. The molecule has 1 aromatic carbocycles. The number of fused-ring (bicyclic) bond motifs is 1. The van der Waals surface area contributed by atoms with Gasteiger partial charge in [-0.3, -0.25) is 9.59 Å². The van der Waals surface area contributed by atoms with Crippen molar-refractivity contribution < 1.29 is 19.0 Å². The van der Waals surface area contributed by atoms with E-state index in [-0.39, 0.29) is 28.0 Å². The summed E-state index contributed by atoms with van der Waals surface area (Å²) in [5, 5.41) is 0.259. The van der Waals surface area contributed by atoms with Gasteiger partial charge in [0.1, 0.15) is 0 Å². The van der Waals surface area contributed by atoms with Gasteiger partial charge in [-0.1, -0.05) is 11.6 Å². The molecule has 1 amide bonds. The first-order valence-electron chi connectivity index (χ1n) is 7.98. The van der Waals surface area contributed by atoms with E-state index in [2.05, 4.69) is 4.98 Å². The van der Waals surface area contributed by atoms with Crippen molar-refractivity contribution in [2.45, 2.75) is 13.0 Å². The van der Waals surface area contributed by atoms with Crippen molar-refractivity contribution in [3.63, 3.8) is 0 Å².